The van der Waals surface area contributed by atoms with Crippen LogP contribution in [-0.4, -0.2) is 35.2 Å². The molecule has 2 heterocycles. The Kier molecular flexibility index (Phi) is 5.93. The lowest BCUT2D eigenvalue weighted by Gasteiger charge is -2.20. The maximum atomic E-state index is 12.0. The Bertz CT molecular complexity index is 677. The minimum Gasteiger partial charge on any atom is -0.371 e. The number of nitrogens with zero attached hydrogens (tertiary/aromatic N) is 3. The van der Waals surface area contributed by atoms with Crippen LogP contribution in [0.4, 0.5) is 16.2 Å². The zero-order valence-electron chi connectivity index (χ0n) is 14.9. The van der Waals surface area contributed by atoms with E-state index in [1.54, 1.807) is 6.20 Å². The summed E-state index contributed by atoms with van der Waals surface area (Å²) in [5.74, 6) is 0. The number of carbonyl (C=O) groups is 1. The minimum absolute atomic E-state index is 0.143. The first kappa shape index (κ1) is 17.3. The van der Waals surface area contributed by atoms with E-state index in [-0.39, 0.29) is 6.03 Å². The SMILES string of the molecule is Cc1cc(NC(=O)NCCCCn2ccnc2)ccc1N1CCCC1. The van der Waals surface area contributed by atoms with Gasteiger partial charge in [-0.2, -0.15) is 0 Å². The van der Waals surface area contributed by atoms with Gasteiger partial charge in [0.1, 0.15) is 0 Å². The highest BCUT2D eigenvalue weighted by molar-refractivity contribution is 5.89. The van der Waals surface area contributed by atoms with Crippen molar-refractivity contribution in [1.82, 2.24) is 14.9 Å². The molecule has 0 aliphatic carbocycles. The molecule has 25 heavy (non-hydrogen) atoms. The highest BCUT2D eigenvalue weighted by atomic mass is 16.2. The molecule has 1 aromatic carbocycles. The molecular formula is C19H27N5O. The number of imidazole rings is 1. The summed E-state index contributed by atoms with van der Waals surface area (Å²) in [6, 6.07) is 6.00. The van der Waals surface area contributed by atoms with Gasteiger partial charge in [0.05, 0.1) is 6.33 Å². The molecule has 2 aromatic rings. The molecule has 0 saturated carbocycles. The molecule has 3 rings (SSSR count). The van der Waals surface area contributed by atoms with E-state index in [1.165, 1.54) is 24.1 Å². The Morgan fingerprint density at radius 1 is 1.24 bits per heavy atom. The highest BCUT2D eigenvalue weighted by Crippen LogP contribution is 2.26. The third kappa shape index (κ3) is 4.98. The standard InChI is InChI=1S/C19H27N5O/c1-16-14-17(6-7-18(16)24-11-4-5-12-24)22-19(25)21-8-2-3-10-23-13-9-20-15-23/h6-7,9,13-15H,2-5,8,10-12H2,1H3,(H2,21,22,25). The molecule has 2 amide bonds. The molecule has 0 bridgehead atoms. The van der Waals surface area contributed by atoms with Gasteiger partial charge in [-0.15, -0.1) is 0 Å². The van der Waals surface area contributed by atoms with E-state index in [4.69, 9.17) is 0 Å². The second-order valence-corrected chi connectivity index (χ2v) is 6.58. The Balaban J connectivity index is 1.39. The molecule has 134 valence electrons. The minimum atomic E-state index is -0.143. The van der Waals surface area contributed by atoms with E-state index in [0.717, 1.165) is 38.2 Å². The van der Waals surface area contributed by atoms with Crippen molar-refractivity contribution in [2.45, 2.75) is 39.2 Å². The Labute approximate surface area is 149 Å². The topological polar surface area (TPSA) is 62.2 Å². The fourth-order valence-electron chi connectivity index (χ4n) is 3.26. The van der Waals surface area contributed by atoms with E-state index < -0.39 is 0 Å². The molecule has 6 heteroatoms. The average Bonchev–Trinajstić information content (AvgIpc) is 3.28. The summed E-state index contributed by atoms with van der Waals surface area (Å²) >= 11 is 0. The number of hydrogen-bond acceptors (Lipinski definition) is 3. The van der Waals surface area contributed by atoms with E-state index >= 15 is 0 Å². The van der Waals surface area contributed by atoms with Gasteiger partial charge in [0.15, 0.2) is 0 Å². The zero-order chi connectivity index (χ0) is 17.5. The maximum absolute atomic E-state index is 12.0. The van der Waals surface area contributed by atoms with Gasteiger partial charge < -0.3 is 20.1 Å². The molecule has 0 spiro atoms. The van der Waals surface area contributed by atoms with E-state index in [2.05, 4.69) is 33.5 Å². The highest BCUT2D eigenvalue weighted by Gasteiger charge is 2.14. The summed E-state index contributed by atoms with van der Waals surface area (Å²) in [4.78, 5) is 18.4. The molecule has 0 radical (unpaired) electrons. The number of hydrogen-bond donors (Lipinski definition) is 2. The molecule has 1 aliphatic rings. The predicted octanol–water partition coefficient (Wildman–Crippen LogP) is 3.39. The van der Waals surface area contributed by atoms with E-state index in [9.17, 15) is 4.79 Å². The number of aryl methyl sites for hydroxylation is 2. The van der Waals surface area contributed by atoms with Crippen molar-refractivity contribution in [2.75, 3.05) is 29.9 Å². The summed E-state index contributed by atoms with van der Waals surface area (Å²) in [6.45, 7) is 5.97. The molecule has 0 atom stereocenters. The first-order valence-corrected chi connectivity index (χ1v) is 9.08. The van der Waals surface area contributed by atoms with Crippen LogP contribution in [0.1, 0.15) is 31.2 Å². The fraction of sp³-hybridized carbons (Fsp3) is 0.474. The van der Waals surface area contributed by atoms with Gasteiger partial charge in [-0.25, -0.2) is 9.78 Å². The quantitative estimate of drug-likeness (QED) is 0.759. The third-order valence-electron chi connectivity index (χ3n) is 4.59. The van der Waals surface area contributed by atoms with Crippen molar-refractivity contribution in [3.63, 3.8) is 0 Å². The average molecular weight is 341 g/mol. The summed E-state index contributed by atoms with van der Waals surface area (Å²) in [7, 11) is 0. The van der Waals surface area contributed by atoms with Crippen molar-refractivity contribution in [3.05, 3.63) is 42.5 Å². The number of aromatic nitrogens is 2. The van der Waals surface area contributed by atoms with Crippen LogP contribution in [0.15, 0.2) is 36.9 Å². The smallest absolute Gasteiger partial charge is 0.319 e. The van der Waals surface area contributed by atoms with Gasteiger partial charge in [-0.1, -0.05) is 0 Å². The van der Waals surface area contributed by atoms with Gasteiger partial charge in [0, 0.05) is 49.9 Å². The van der Waals surface area contributed by atoms with Crippen LogP contribution in [0.5, 0.6) is 0 Å². The van der Waals surface area contributed by atoms with Crippen LogP contribution < -0.4 is 15.5 Å². The molecule has 1 fully saturated rings. The Morgan fingerprint density at radius 2 is 2.08 bits per heavy atom. The predicted molar refractivity (Wildman–Crippen MR) is 101 cm³/mol. The lowest BCUT2D eigenvalue weighted by molar-refractivity contribution is 0.252. The number of unbranched alkanes of at least 4 members (excludes halogenated alkanes) is 1. The van der Waals surface area contributed by atoms with Crippen molar-refractivity contribution < 1.29 is 4.79 Å². The van der Waals surface area contributed by atoms with Gasteiger partial charge in [0.2, 0.25) is 0 Å². The Hall–Kier alpha value is -2.50. The molecule has 1 aliphatic heterocycles. The summed E-state index contributed by atoms with van der Waals surface area (Å²) in [5.41, 5.74) is 3.33. The van der Waals surface area contributed by atoms with Crippen LogP contribution in [0.25, 0.3) is 0 Å². The molecule has 1 aromatic heterocycles. The lowest BCUT2D eigenvalue weighted by Crippen LogP contribution is -2.29. The molecular weight excluding hydrogens is 314 g/mol. The van der Waals surface area contributed by atoms with E-state index in [0.29, 0.717) is 6.54 Å². The van der Waals surface area contributed by atoms with Gasteiger partial charge in [-0.05, 0) is 56.4 Å². The monoisotopic (exact) mass is 341 g/mol. The van der Waals surface area contributed by atoms with Crippen LogP contribution >= 0.6 is 0 Å². The lowest BCUT2D eigenvalue weighted by atomic mass is 10.1. The molecule has 2 N–H and O–H groups in total. The number of rotatable bonds is 7. The van der Waals surface area contributed by atoms with Crippen LogP contribution in [0, 0.1) is 6.92 Å². The summed E-state index contributed by atoms with van der Waals surface area (Å²) in [6.07, 6.45) is 10.0. The molecule has 1 saturated heterocycles. The fourth-order valence-corrected chi connectivity index (χ4v) is 3.26. The van der Waals surface area contributed by atoms with E-state index in [1.807, 2.05) is 29.2 Å². The van der Waals surface area contributed by atoms with Crippen molar-refractivity contribution in [3.8, 4) is 0 Å². The number of nitrogens with one attached hydrogen (secondary N) is 2. The number of urea groups is 1. The number of amides is 2. The Morgan fingerprint density at radius 3 is 2.80 bits per heavy atom. The first-order chi connectivity index (χ1) is 12.2. The number of carbonyl (C=O) groups excluding carboxylic acids is 1. The van der Waals surface area contributed by atoms with Gasteiger partial charge >= 0.3 is 6.03 Å². The second-order valence-electron chi connectivity index (χ2n) is 6.58. The third-order valence-corrected chi connectivity index (χ3v) is 4.59. The normalized spacial score (nSPS) is 13.9. The largest absolute Gasteiger partial charge is 0.371 e. The van der Waals surface area contributed by atoms with Crippen LogP contribution in [0.3, 0.4) is 0 Å². The van der Waals surface area contributed by atoms with Crippen molar-refractivity contribution in [2.24, 2.45) is 0 Å². The van der Waals surface area contributed by atoms with Crippen molar-refractivity contribution >= 4 is 17.4 Å². The van der Waals surface area contributed by atoms with Crippen molar-refractivity contribution in [1.29, 1.82) is 0 Å². The second kappa shape index (κ2) is 8.55. The van der Waals surface area contributed by atoms with Gasteiger partial charge in [0.25, 0.3) is 0 Å². The zero-order valence-corrected chi connectivity index (χ0v) is 14.9. The molecule has 0 unspecified atom stereocenters. The first-order valence-electron chi connectivity index (χ1n) is 9.08. The summed E-state index contributed by atoms with van der Waals surface area (Å²) in [5, 5.41) is 5.84. The van der Waals surface area contributed by atoms with Gasteiger partial charge in [-0.3, -0.25) is 0 Å². The van der Waals surface area contributed by atoms with Crippen LogP contribution in [0.2, 0.25) is 0 Å². The number of benzene rings is 1. The summed E-state index contributed by atoms with van der Waals surface area (Å²) < 4.78 is 2.05. The number of anilines is 2. The maximum Gasteiger partial charge on any atom is 0.319 e. The molecule has 6 nitrogen and oxygen atoms in total. The van der Waals surface area contributed by atoms with Crippen LogP contribution in [-0.2, 0) is 6.54 Å².